The predicted molar refractivity (Wildman–Crippen MR) is 97.7 cm³/mol. The number of anilines is 1. The lowest BCUT2D eigenvalue weighted by atomic mass is 9.90. The second kappa shape index (κ2) is 6.68. The van der Waals surface area contributed by atoms with E-state index in [1.807, 2.05) is 30.3 Å². The first-order valence-electron chi connectivity index (χ1n) is 8.70. The molecule has 2 aromatic rings. The Morgan fingerprint density at radius 1 is 1.08 bits per heavy atom. The molecule has 126 valence electrons. The van der Waals surface area contributed by atoms with Crippen molar-refractivity contribution in [1.82, 2.24) is 0 Å². The Bertz CT molecular complexity index is 733. The SMILES string of the molecule is CC(C)c1cc(NC(=O)c2ccccc2)cc(C(C)C2CC2)c1O. The summed E-state index contributed by atoms with van der Waals surface area (Å²) < 4.78 is 0. The lowest BCUT2D eigenvalue weighted by Crippen LogP contribution is -2.13. The highest BCUT2D eigenvalue weighted by atomic mass is 16.3. The van der Waals surface area contributed by atoms with Crippen molar-refractivity contribution in [2.45, 2.75) is 45.4 Å². The van der Waals surface area contributed by atoms with E-state index >= 15 is 0 Å². The summed E-state index contributed by atoms with van der Waals surface area (Å²) in [6.45, 7) is 6.28. The molecule has 3 nitrogen and oxygen atoms in total. The summed E-state index contributed by atoms with van der Waals surface area (Å²) in [5, 5.41) is 13.7. The van der Waals surface area contributed by atoms with E-state index in [0.717, 1.165) is 16.8 Å². The third kappa shape index (κ3) is 3.45. The molecule has 1 amide bonds. The Hall–Kier alpha value is -2.29. The van der Waals surface area contributed by atoms with Gasteiger partial charge in [0, 0.05) is 11.3 Å². The number of aromatic hydroxyl groups is 1. The number of nitrogens with one attached hydrogen (secondary N) is 1. The molecule has 1 atom stereocenters. The maximum Gasteiger partial charge on any atom is 0.255 e. The Balaban J connectivity index is 1.93. The lowest BCUT2D eigenvalue weighted by Gasteiger charge is -2.20. The minimum atomic E-state index is -0.124. The van der Waals surface area contributed by atoms with Gasteiger partial charge >= 0.3 is 0 Å². The molecule has 0 aliphatic heterocycles. The smallest absolute Gasteiger partial charge is 0.255 e. The van der Waals surface area contributed by atoms with Gasteiger partial charge in [-0.2, -0.15) is 0 Å². The molecule has 24 heavy (non-hydrogen) atoms. The van der Waals surface area contributed by atoms with Gasteiger partial charge in [-0.3, -0.25) is 4.79 Å². The molecule has 1 unspecified atom stereocenters. The zero-order valence-electron chi connectivity index (χ0n) is 14.5. The first kappa shape index (κ1) is 16.6. The average molecular weight is 323 g/mol. The molecular formula is C21H25NO2. The fourth-order valence-electron chi connectivity index (χ4n) is 3.18. The van der Waals surface area contributed by atoms with Crippen LogP contribution in [-0.4, -0.2) is 11.0 Å². The maximum absolute atomic E-state index is 12.4. The summed E-state index contributed by atoms with van der Waals surface area (Å²) in [5.41, 5.74) is 3.23. The number of phenols is 1. The number of carbonyl (C=O) groups is 1. The van der Waals surface area contributed by atoms with Crippen LogP contribution in [0.15, 0.2) is 42.5 Å². The normalized spacial score (nSPS) is 15.3. The Labute approximate surface area is 143 Å². The molecule has 0 aromatic heterocycles. The van der Waals surface area contributed by atoms with Crippen molar-refractivity contribution >= 4 is 11.6 Å². The quantitative estimate of drug-likeness (QED) is 0.735. The molecule has 0 bridgehead atoms. The van der Waals surface area contributed by atoms with Crippen LogP contribution >= 0.6 is 0 Å². The third-order valence-electron chi connectivity index (χ3n) is 4.90. The van der Waals surface area contributed by atoms with Gasteiger partial charge in [0.1, 0.15) is 5.75 Å². The Morgan fingerprint density at radius 2 is 1.71 bits per heavy atom. The van der Waals surface area contributed by atoms with Crippen molar-refractivity contribution in [3.63, 3.8) is 0 Å². The van der Waals surface area contributed by atoms with Crippen molar-refractivity contribution in [1.29, 1.82) is 0 Å². The van der Waals surface area contributed by atoms with Crippen LogP contribution in [-0.2, 0) is 0 Å². The Kier molecular flexibility index (Phi) is 4.61. The number of rotatable bonds is 5. The highest BCUT2D eigenvalue weighted by molar-refractivity contribution is 6.04. The van der Waals surface area contributed by atoms with E-state index in [1.165, 1.54) is 12.8 Å². The summed E-state index contributed by atoms with van der Waals surface area (Å²) in [6, 6.07) is 13.0. The van der Waals surface area contributed by atoms with Crippen molar-refractivity contribution in [2.75, 3.05) is 5.32 Å². The molecular weight excluding hydrogens is 298 g/mol. The summed E-state index contributed by atoms with van der Waals surface area (Å²) in [4.78, 5) is 12.4. The number of amides is 1. The number of benzene rings is 2. The molecule has 3 rings (SSSR count). The molecule has 1 fully saturated rings. The lowest BCUT2D eigenvalue weighted by molar-refractivity contribution is 0.102. The highest BCUT2D eigenvalue weighted by Crippen LogP contribution is 2.47. The molecule has 0 heterocycles. The minimum absolute atomic E-state index is 0.124. The van der Waals surface area contributed by atoms with Crippen LogP contribution < -0.4 is 5.32 Å². The van der Waals surface area contributed by atoms with Crippen LogP contribution in [0.5, 0.6) is 5.75 Å². The van der Waals surface area contributed by atoms with Gasteiger partial charge in [0.25, 0.3) is 5.91 Å². The van der Waals surface area contributed by atoms with Crippen molar-refractivity contribution in [3.8, 4) is 5.75 Å². The zero-order chi connectivity index (χ0) is 17.3. The fraction of sp³-hybridized carbons (Fsp3) is 0.381. The van der Waals surface area contributed by atoms with E-state index in [1.54, 1.807) is 12.1 Å². The maximum atomic E-state index is 12.4. The number of carbonyl (C=O) groups excluding carboxylic acids is 1. The van der Waals surface area contributed by atoms with E-state index in [4.69, 9.17) is 0 Å². The zero-order valence-corrected chi connectivity index (χ0v) is 14.5. The van der Waals surface area contributed by atoms with Crippen LogP contribution in [0.2, 0.25) is 0 Å². The van der Waals surface area contributed by atoms with Gasteiger partial charge in [-0.15, -0.1) is 0 Å². The molecule has 0 radical (unpaired) electrons. The number of hydrogen-bond acceptors (Lipinski definition) is 2. The van der Waals surface area contributed by atoms with Gasteiger partial charge < -0.3 is 10.4 Å². The number of phenolic OH excluding ortho intramolecular Hbond substituents is 1. The van der Waals surface area contributed by atoms with Gasteiger partial charge in [0.05, 0.1) is 0 Å². The van der Waals surface area contributed by atoms with E-state index < -0.39 is 0 Å². The van der Waals surface area contributed by atoms with Crippen LogP contribution in [0.25, 0.3) is 0 Å². The van der Waals surface area contributed by atoms with Gasteiger partial charge in [0.2, 0.25) is 0 Å². The molecule has 0 spiro atoms. The van der Waals surface area contributed by atoms with Crippen molar-refractivity contribution < 1.29 is 9.90 Å². The van der Waals surface area contributed by atoms with Gasteiger partial charge in [0.15, 0.2) is 0 Å². The molecule has 3 heteroatoms. The van der Waals surface area contributed by atoms with Crippen LogP contribution in [0.1, 0.15) is 66.9 Å². The second-order valence-electron chi connectivity index (χ2n) is 7.10. The van der Waals surface area contributed by atoms with E-state index in [9.17, 15) is 9.90 Å². The molecule has 1 saturated carbocycles. The van der Waals surface area contributed by atoms with E-state index in [2.05, 4.69) is 26.1 Å². The predicted octanol–water partition coefficient (Wildman–Crippen LogP) is 5.28. The van der Waals surface area contributed by atoms with Gasteiger partial charge in [-0.25, -0.2) is 0 Å². The largest absolute Gasteiger partial charge is 0.507 e. The summed E-state index contributed by atoms with van der Waals surface area (Å²) in [7, 11) is 0. The Morgan fingerprint density at radius 3 is 2.29 bits per heavy atom. The summed E-state index contributed by atoms with van der Waals surface area (Å²) in [5.74, 6) is 1.43. The van der Waals surface area contributed by atoms with Crippen molar-refractivity contribution in [3.05, 3.63) is 59.2 Å². The molecule has 2 aromatic carbocycles. The van der Waals surface area contributed by atoms with Crippen molar-refractivity contribution in [2.24, 2.45) is 5.92 Å². The highest BCUT2D eigenvalue weighted by Gasteiger charge is 2.31. The monoisotopic (exact) mass is 323 g/mol. The fourth-order valence-corrected chi connectivity index (χ4v) is 3.18. The second-order valence-corrected chi connectivity index (χ2v) is 7.10. The van der Waals surface area contributed by atoms with Crippen LogP contribution in [0, 0.1) is 5.92 Å². The average Bonchev–Trinajstić information content (AvgIpc) is 3.41. The third-order valence-corrected chi connectivity index (χ3v) is 4.90. The van der Waals surface area contributed by atoms with Crippen LogP contribution in [0.3, 0.4) is 0 Å². The van der Waals surface area contributed by atoms with Crippen LogP contribution in [0.4, 0.5) is 5.69 Å². The standard InChI is InChI=1S/C21H25NO2/c1-13(2)18-11-17(22-21(24)16-7-5-4-6-8-16)12-19(20(18)23)14(3)15-9-10-15/h4-8,11-15,23H,9-10H2,1-3H3,(H,22,24). The van der Waals surface area contributed by atoms with E-state index in [0.29, 0.717) is 23.1 Å². The van der Waals surface area contributed by atoms with Gasteiger partial charge in [-0.1, -0.05) is 39.0 Å². The van der Waals surface area contributed by atoms with E-state index in [-0.39, 0.29) is 11.8 Å². The minimum Gasteiger partial charge on any atom is -0.507 e. The topological polar surface area (TPSA) is 49.3 Å². The number of hydrogen-bond donors (Lipinski definition) is 2. The molecule has 2 N–H and O–H groups in total. The molecule has 1 aliphatic rings. The summed E-state index contributed by atoms with van der Waals surface area (Å²) in [6.07, 6.45) is 2.44. The first-order chi connectivity index (χ1) is 11.5. The molecule has 1 aliphatic carbocycles. The molecule has 0 saturated heterocycles. The van der Waals surface area contributed by atoms with Gasteiger partial charge in [-0.05, 0) is 66.0 Å². The first-order valence-corrected chi connectivity index (χ1v) is 8.70. The summed E-state index contributed by atoms with van der Waals surface area (Å²) >= 11 is 0.